The monoisotopic (exact) mass is 288 g/mol. The number of allylic oxidation sites excluding steroid dienone is 1. The van der Waals surface area contributed by atoms with Gasteiger partial charge in [0.05, 0.1) is 7.11 Å². The fraction of sp³-hybridized carbons (Fsp3) is 0.0625. The molecule has 0 amide bonds. The lowest BCUT2D eigenvalue weighted by molar-refractivity contribution is 0.104. The molecule has 2 aromatic carbocycles. The number of ketones is 1. The largest absolute Gasteiger partial charge is 0.507 e. The Balaban J connectivity index is 2.26. The van der Waals surface area contributed by atoms with Gasteiger partial charge in [-0.1, -0.05) is 35.9 Å². The summed E-state index contributed by atoms with van der Waals surface area (Å²) in [5, 5.41) is 10.4. The van der Waals surface area contributed by atoms with E-state index in [2.05, 4.69) is 0 Å². The van der Waals surface area contributed by atoms with Gasteiger partial charge in [0.1, 0.15) is 17.1 Å². The molecule has 3 nitrogen and oxygen atoms in total. The van der Waals surface area contributed by atoms with Gasteiger partial charge in [-0.15, -0.1) is 0 Å². The maximum atomic E-state index is 12.1. The minimum atomic E-state index is -0.324. The molecule has 0 spiro atoms. The number of rotatable bonds is 4. The van der Waals surface area contributed by atoms with E-state index >= 15 is 0 Å². The van der Waals surface area contributed by atoms with E-state index in [-0.39, 0.29) is 17.1 Å². The first-order chi connectivity index (χ1) is 9.61. The van der Waals surface area contributed by atoms with Crippen LogP contribution < -0.4 is 4.74 Å². The second-order valence-electron chi connectivity index (χ2n) is 4.10. The predicted molar refractivity (Wildman–Crippen MR) is 79.5 cm³/mol. The Morgan fingerprint density at radius 2 is 1.90 bits per heavy atom. The normalized spacial score (nSPS) is 10.7. The number of aromatic hydroxyl groups is 1. The smallest absolute Gasteiger partial charge is 0.193 e. The van der Waals surface area contributed by atoms with Crippen LogP contribution in [-0.4, -0.2) is 18.0 Å². The number of methoxy groups -OCH3 is 1. The van der Waals surface area contributed by atoms with Crippen LogP contribution in [0.25, 0.3) is 6.08 Å². The summed E-state index contributed by atoms with van der Waals surface area (Å²) in [5.41, 5.74) is 0.998. The van der Waals surface area contributed by atoms with Crippen LogP contribution in [0.15, 0.2) is 48.5 Å². The lowest BCUT2D eigenvalue weighted by Gasteiger charge is -2.07. The van der Waals surface area contributed by atoms with Crippen LogP contribution in [0.3, 0.4) is 0 Å². The number of ether oxygens (including phenoxy) is 1. The number of benzene rings is 2. The molecule has 1 N–H and O–H groups in total. The van der Waals surface area contributed by atoms with E-state index < -0.39 is 0 Å². The van der Waals surface area contributed by atoms with E-state index in [4.69, 9.17) is 16.3 Å². The summed E-state index contributed by atoms with van der Waals surface area (Å²) in [4.78, 5) is 12.1. The third-order valence-corrected chi connectivity index (χ3v) is 3.02. The first kappa shape index (κ1) is 14.2. The zero-order valence-electron chi connectivity index (χ0n) is 10.8. The molecule has 0 fully saturated rings. The van der Waals surface area contributed by atoms with Crippen molar-refractivity contribution in [1.29, 1.82) is 0 Å². The molecule has 2 rings (SSSR count). The Morgan fingerprint density at radius 1 is 1.20 bits per heavy atom. The summed E-state index contributed by atoms with van der Waals surface area (Å²) in [6.45, 7) is 0. The van der Waals surface area contributed by atoms with Gasteiger partial charge in [-0.05, 0) is 35.9 Å². The summed E-state index contributed by atoms with van der Waals surface area (Å²) in [7, 11) is 1.45. The molecule has 0 radical (unpaired) electrons. The van der Waals surface area contributed by atoms with E-state index in [1.165, 1.54) is 19.3 Å². The van der Waals surface area contributed by atoms with Crippen LogP contribution in [-0.2, 0) is 0 Å². The van der Waals surface area contributed by atoms with Gasteiger partial charge in [0, 0.05) is 5.02 Å². The third-order valence-electron chi connectivity index (χ3n) is 2.77. The van der Waals surface area contributed by atoms with Crippen molar-refractivity contribution < 1.29 is 14.6 Å². The molecule has 0 saturated heterocycles. The van der Waals surface area contributed by atoms with Crippen molar-refractivity contribution in [1.82, 2.24) is 0 Å². The standard InChI is InChI=1S/C16H13ClO3/c1-20-15-4-2-3-13(18)16(15)14(19)10-7-11-5-8-12(17)9-6-11/h2-10,18H,1H3. The SMILES string of the molecule is COc1cccc(O)c1C(=O)C=Cc1ccc(Cl)cc1. The van der Waals surface area contributed by atoms with Gasteiger partial charge in [-0.25, -0.2) is 0 Å². The molecule has 0 unspecified atom stereocenters. The molecule has 0 bridgehead atoms. The molecule has 20 heavy (non-hydrogen) atoms. The average molecular weight is 289 g/mol. The van der Waals surface area contributed by atoms with Crippen molar-refractivity contribution in [3.8, 4) is 11.5 Å². The highest BCUT2D eigenvalue weighted by atomic mass is 35.5. The average Bonchev–Trinajstić information content (AvgIpc) is 2.46. The zero-order chi connectivity index (χ0) is 14.5. The van der Waals surface area contributed by atoms with Crippen LogP contribution in [0.2, 0.25) is 5.02 Å². The molecular weight excluding hydrogens is 276 g/mol. The summed E-state index contributed by atoms with van der Waals surface area (Å²) in [5.74, 6) is -0.0826. The van der Waals surface area contributed by atoms with E-state index in [9.17, 15) is 9.90 Å². The van der Waals surface area contributed by atoms with Crippen LogP contribution in [0.1, 0.15) is 15.9 Å². The maximum Gasteiger partial charge on any atom is 0.193 e. The van der Waals surface area contributed by atoms with Crippen LogP contribution >= 0.6 is 11.6 Å². The van der Waals surface area contributed by atoms with Crippen molar-refractivity contribution >= 4 is 23.5 Å². The fourth-order valence-corrected chi connectivity index (χ4v) is 1.89. The van der Waals surface area contributed by atoms with Gasteiger partial charge in [0.2, 0.25) is 0 Å². The van der Waals surface area contributed by atoms with E-state index in [0.717, 1.165) is 5.56 Å². The molecule has 0 aliphatic rings. The number of carbonyl (C=O) groups is 1. The molecule has 0 aliphatic carbocycles. The Kier molecular flexibility index (Phi) is 4.43. The van der Waals surface area contributed by atoms with E-state index in [1.54, 1.807) is 42.5 Å². The van der Waals surface area contributed by atoms with E-state index in [1.807, 2.05) is 0 Å². The van der Waals surface area contributed by atoms with Crippen molar-refractivity contribution in [2.75, 3.05) is 7.11 Å². The number of halogens is 1. The van der Waals surface area contributed by atoms with Gasteiger partial charge in [-0.3, -0.25) is 4.79 Å². The molecular formula is C16H13ClO3. The Hall–Kier alpha value is -2.26. The Morgan fingerprint density at radius 3 is 2.55 bits per heavy atom. The topological polar surface area (TPSA) is 46.5 Å². The molecule has 4 heteroatoms. The number of phenolic OH excluding ortho intramolecular Hbond substituents is 1. The van der Waals surface area contributed by atoms with Crippen LogP contribution in [0, 0.1) is 0 Å². The minimum Gasteiger partial charge on any atom is -0.507 e. The van der Waals surface area contributed by atoms with Crippen molar-refractivity contribution in [3.05, 3.63) is 64.7 Å². The van der Waals surface area contributed by atoms with Gasteiger partial charge in [-0.2, -0.15) is 0 Å². The van der Waals surface area contributed by atoms with Crippen LogP contribution in [0.5, 0.6) is 11.5 Å². The van der Waals surface area contributed by atoms with Gasteiger partial charge < -0.3 is 9.84 Å². The third kappa shape index (κ3) is 3.19. The summed E-state index contributed by atoms with van der Waals surface area (Å²) >= 11 is 5.79. The van der Waals surface area contributed by atoms with Crippen molar-refractivity contribution in [3.63, 3.8) is 0 Å². The van der Waals surface area contributed by atoms with Crippen molar-refractivity contribution in [2.24, 2.45) is 0 Å². The predicted octanol–water partition coefficient (Wildman–Crippen LogP) is 3.95. The first-order valence-corrected chi connectivity index (χ1v) is 6.33. The van der Waals surface area contributed by atoms with Crippen LogP contribution in [0.4, 0.5) is 0 Å². The summed E-state index contributed by atoms with van der Waals surface area (Å²) < 4.78 is 5.08. The molecule has 0 heterocycles. The number of carbonyl (C=O) groups excluding carboxylic acids is 1. The first-order valence-electron chi connectivity index (χ1n) is 5.96. The maximum absolute atomic E-state index is 12.1. The van der Waals surface area contributed by atoms with Gasteiger partial charge in [0.15, 0.2) is 5.78 Å². The van der Waals surface area contributed by atoms with Crippen molar-refractivity contribution in [2.45, 2.75) is 0 Å². The molecule has 0 aromatic heterocycles. The lowest BCUT2D eigenvalue weighted by Crippen LogP contribution is -1.99. The molecule has 0 aliphatic heterocycles. The number of hydrogen-bond acceptors (Lipinski definition) is 3. The number of phenols is 1. The highest BCUT2D eigenvalue weighted by Crippen LogP contribution is 2.28. The molecule has 2 aromatic rings. The molecule has 0 saturated carbocycles. The Labute approximate surface area is 122 Å². The highest BCUT2D eigenvalue weighted by molar-refractivity contribution is 6.30. The Bertz CT molecular complexity index is 645. The summed E-state index contributed by atoms with van der Waals surface area (Å²) in [6.07, 6.45) is 3.05. The van der Waals surface area contributed by atoms with E-state index in [0.29, 0.717) is 10.8 Å². The zero-order valence-corrected chi connectivity index (χ0v) is 11.6. The molecule has 102 valence electrons. The van der Waals surface area contributed by atoms with Gasteiger partial charge >= 0.3 is 0 Å². The number of hydrogen-bond donors (Lipinski definition) is 1. The highest BCUT2D eigenvalue weighted by Gasteiger charge is 2.14. The lowest BCUT2D eigenvalue weighted by atomic mass is 10.1. The minimum absolute atomic E-state index is 0.102. The molecule has 0 atom stereocenters. The second-order valence-corrected chi connectivity index (χ2v) is 4.54. The summed E-state index contributed by atoms with van der Waals surface area (Å²) in [6, 6.07) is 11.8. The fourth-order valence-electron chi connectivity index (χ4n) is 1.77. The van der Waals surface area contributed by atoms with Gasteiger partial charge in [0.25, 0.3) is 0 Å². The quantitative estimate of drug-likeness (QED) is 0.684. The second kappa shape index (κ2) is 6.26.